The number of anilines is 1. The van der Waals surface area contributed by atoms with E-state index in [4.69, 9.17) is 0 Å². The monoisotopic (exact) mass is 345 g/mol. The van der Waals surface area contributed by atoms with Gasteiger partial charge < -0.3 is 15.2 Å². The maximum atomic E-state index is 12.5. The Labute approximate surface area is 143 Å². The molecule has 0 aliphatic carbocycles. The molecule has 126 valence electrons. The minimum absolute atomic E-state index is 0.110. The smallest absolute Gasteiger partial charge is 0.240 e. The summed E-state index contributed by atoms with van der Waals surface area (Å²) in [4.78, 5) is 34.1. The van der Waals surface area contributed by atoms with Crippen LogP contribution in [0.3, 0.4) is 0 Å². The van der Waals surface area contributed by atoms with E-state index >= 15 is 0 Å². The fourth-order valence-electron chi connectivity index (χ4n) is 2.41. The van der Waals surface area contributed by atoms with E-state index in [2.05, 4.69) is 30.2 Å². The van der Waals surface area contributed by atoms with Crippen LogP contribution in [0.25, 0.3) is 11.2 Å². The Morgan fingerprint density at radius 3 is 2.88 bits per heavy atom. The number of aromatic nitrogens is 5. The molecule has 0 aromatic carbocycles. The maximum absolute atomic E-state index is 12.5. The highest BCUT2D eigenvalue weighted by Crippen LogP contribution is 2.24. The molecule has 0 atom stereocenters. The topological polar surface area (TPSA) is 99.7 Å². The van der Waals surface area contributed by atoms with Gasteiger partial charge in [-0.15, -0.1) is 11.3 Å². The zero-order chi connectivity index (χ0) is 17.3. The molecule has 0 bridgehead atoms. The molecule has 3 aromatic rings. The number of thiazole rings is 1. The lowest BCUT2D eigenvalue weighted by Gasteiger charge is -2.26. The molecule has 3 heterocycles. The van der Waals surface area contributed by atoms with Crippen molar-refractivity contribution in [3.63, 3.8) is 0 Å². The molecule has 0 aliphatic heterocycles. The zero-order valence-corrected chi connectivity index (χ0v) is 14.8. The van der Waals surface area contributed by atoms with E-state index in [1.54, 1.807) is 22.6 Å². The van der Waals surface area contributed by atoms with Crippen molar-refractivity contribution in [2.45, 2.75) is 26.3 Å². The number of rotatable bonds is 5. The number of imidazole rings is 1. The lowest BCUT2D eigenvalue weighted by Crippen LogP contribution is -2.45. The number of likely N-dealkylation sites (N-methyl/N-ethyl adjacent to an activating group) is 1. The first-order valence-electron chi connectivity index (χ1n) is 7.45. The third kappa shape index (κ3) is 3.21. The average molecular weight is 345 g/mol. The van der Waals surface area contributed by atoms with Gasteiger partial charge in [0.1, 0.15) is 16.9 Å². The van der Waals surface area contributed by atoms with Gasteiger partial charge in [0, 0.05) is 18.1 Å². The average Bonchev–Trinajstić information content (AvgIpc) is 3.14. The summed E-state index contributed by atoms with van der Waals surface area (Å²) in [6, 6.07) is 0. The van der Waals surface area contributed by atoms with Crippen LogP contribution in [-0.2, 0) is 10.3 Å². The predicted octanol–water partition coefficient (Wildman–Crippen LogP) is 1.61. The minimum atomic E-state index is -0.522. The third-order valence-corrected chi connectivity index (χ3v) is 4.83. The molecule has 2 N–H and O–H groups in total. The first kappa shape index (κ1) is 16.3. The highest BCUT2D eigenvalue weighted by atomic mass is 32.1. The van der Waals surface area contributed by atoms with Crippen LogP contribution >= 0.6 is 11.3 Å². The Kier molecular flexibility index (Phi) is 4.18. The Morgan fingerprint density at radius 2 is 2.17 bits per heavy atom. The summed E-state index contributed by atoms with van der Waals surface area (Å²) in [5.74, 6) is 0.525. The normalized spacial score (nSPS) is 11.7. The second kappa shape index (κ2) is 6.16. The predicted molar refractivity (Wildman–Crippen MR) is 93.0 cm³/mol. The van der Waals surface area contributed by atoms with Gasteiger partial charge in [-0.1, -0.05) is 0 Å². The quantitative estimate of drug-likeness (QED) is 0.729. The van der Waals surface area contributed by atoms with Crippen molar-refractivity contribution in [2.75, 3.05) is 18.5 Å². The Balaban J connectivity index is 1.71. The van der Waals surface area contributed by atoms with Gasteiger partial charge in [-0.2, -0.15) is 0 Å². The molecule has 0 aliphatic rings. The second-order valence-corrected chi connectivity index (χ2v) is 6.98. The van der Waals surface area contributed by atoms with Gasteiger partial charge in [0.15, 0.2) is 11.5 Å². The van der Waals surface area contributed by atoms with Gasteiger partial charge in [-0.3, -0.25) is 4.79 Å². The van der Waals surface area contributed by atoms with Crippen molar-refractivity contribution in [2.24, 2.45) is 0 Å². The lowest BCUT2D eigenvalue weighted by atomic mass is 10.1. The molecule has 1 amide bonds. The van der Waals surface area contributed by atoms with E-state index in [-0.39, 0.29) is 12.5 Å². The van der Waals surface area contributed by atoms with Crippen LogP contribution in [0.4, 0.5) is 5.82 Å². The van der Waals surface area contributed by atoms with Crippen LogP contribution in [-0.4, -0.2) is 44.4 Å². The summed E-state index contributed by atoms with van der Waals surface area (Å²) in [5.41, 5.74) is 1.72. The second-order valence-electron chi connectivity index (χ2n) is 6.12. The van der Waals surface area contributed by atoms with Crippen molar-refractivity contribution < 1.29 is 4.79 Å². The number of hydrogen-bond donors (Lipinski definition) is 2. The van der Waals surface area contributed by atoms with Gasteiger partial charge in [0.2, 0.25) is 5.91 Å². The number of fused-ring (bicyclic) bond motifs is 1. The number of carbonyl (C=O) groups is 1. The van der Waals surface area contributed by atoms with Crippen molar-refractivity contribution in [3.8, 4) is 0 Å². The van der Waals surface area contributed by atoms with E-state index in [1.165, 1.54) is 6.33 Å². The number of nitrogens with one attached hydrogen (secondary N) is 2. The summed E-state index contributed by atoms with van der Waals surface area (Å²) in [6.45, 7) is 6.00. The van der Waals surface area contributed by atoms with Crippen LogP contribution in [0.1, 0.15) is 24.5 Å². The Morgan fingerprint density at radius 1 is 1.38 bits per heavy atom. The van der Waals surface area contributed by atoms with Gasteiger partial charge >= 0.3 is 0 Å². The van der Waals surface area contributed by atoms with Gasteiger partial charge in [0.25, 0.3) is 0 Å². The number of amides is 1. The molecular formula is C15H19N7OS. The van der Waals surface area contributed by atoms with Crippen LogP contribution in [0.15, 0.2) is 18.0 Å². The van der Waals surface area contributed by atoms with Crippen LogP contribution in [0, 0.1) is 6.92 Å². The Bertz CT molecular complexity index is 869. The summed E-state index contributed by atoms with van der Waals surface area (Å²) in [5, 5.41) is 5.89. The van der Waals surface area contributed by atoms with Crippen molar-refractivity contribution in [1.82, 2.24) is 30.2 Å². The summed E-state index contributed by atoms with van der Waals surface area (Å²) < 4.78 is 0. The van der Waals surface area contributed by atoms with E-state index in [9.17, 15) is 4.79 Å². The number of aromatic amines is 1. The van der Waals surface area contributed by atoms with Gasteiger partial charge in [-0.05, 0) is 20.8 Å². The summed E-state index contributed by atoms with van der Waals surface area (Å²) >= 11 is 1.54. The van der Waals surface area contributed by atoms with Crippen molar-refractivity contribution >= 4 is 34.2 Å². The van der Waals surface area contributed by atoms with E-state index in [0.717, 1.165) is 10.7 Å². The Hall–Kier alpha value is -2.55. The summed E-state index contributed by atoms with van der Waals surface area (Å²) in [6.07, 6.45) is 3.00. The van der Waals surface area contributed by atoms with Gasteiger partial charge in [0.05, 0.1) is 18.4 Å². The third-order valence-electron chi connectivity index (χ3n) is 3.55. The van der Waals surface area contributed by atoms with E-state index < -0.39 is 5.54 Å². The SMILES string of the molecule is Cc1csc(C(C)(C)NC(=O)CN(C)c2ncnc3nc[nH]c23)n1. The fraction of sp³-hybridized carbons (Fsp3) is 0.400. The molecule has 8 nitrogen and oxygen atoms in total. The molecule has 0 saturated heterocycles. The van der Waals surface area contributed by atoms with Crippen LogP contribution < -0.4 is 10.2 Å². The number of H-pyrrole nitrogens is 1. The van der Waals surface area contributed by atoms with Crippen LogP contribution in [0.5, 0.6) is 0 Å². The van der Waals surface area contributed by atoms with Gasteiger partial charge in [-0.25, -0.2) is 19.9 Å². The molecule has 3 rings (SSSR count). The molecule has 0 saturated carbocycles. The first-order valence-corrected chi connectivity index (χ1v) is 8.33. The molecule has 9 heteroatoms. The van der Waals surface area contributed by atoms with E-state index in [0.29, 0.717) is 17.0 Å². The molecule has 3 aromatic heterocycles. The first-order chi connectivity index (χ1) is 11.4. The largest absolute Gasteiger partial charge is 0.348 e. The molecule has 0 fully saturated rings. The minimum Gasteiger partial charge on any atom is -0.348 e. The fourth-order valence-corrected chi connectivity index (χ4v) is 3.29. The molecule has 24 heavy (non-hydrogen) atoms. The number of hydrogen-bond acceptors (Lipinski definition) is 7. The number of nitrogens with zero attached hydrogens (tertiary/aromatic N) is 5. The number of carbonyl (C=O) groups excluding carboxylic acids is 1. The summed E-state index contributed by atoms with van der Waals surface area (Å²) in [7, 11) is 1.81. The standard InChI is InChI=1S/C15H19N7OS/c1-9-6-24-14(20-9)15(2,3)21-10(23)5-22(4)13-11-12(17-7-16-11)18-8-19-13/h6-8H,5H2,1-4H3,(H,21,23)(H,16,17,18,19). The van der Waals surface area contributed by atoms with Crippen LogP contribution in [0.2, 0.25) is 0 Å². The highest BCUT2D eigenvalue weighted by Gasteiger charge is 2.26. The molecular weight excluding hydrogens is 326 g/mol. The highest BCUT2D eigenvalue weighted by molar-refractivity contribution is 7.09. The number of aryl methyl sites for hydroxylation is 1. The molecule has 0 unspecified atom stereocenters. The zero-order valence-electron chi connectivity index (χ0n) is 14.0. The van der Waals surface area contributed by atoms with Crippen molar-refractivity contribution in [3.05, 3.63) is 28.7 Å². The molecule has 0 radical (unpaired) electrons. The van der Waals surface area contributed by atoms with Crippen molar-refractivity contribution in [1.29, 1.82) is 0 Å². The maximum Gasteiger partial charge on any atom is 0.240 e. The van der Waals surface area contributed by atoms with E-state index in [1.807, 2.05) is 33.2 Å². The molecule has 0 spiro atoms. The lowest BCUT2D eigenvalue weighted by molar-refractivity contribution is -0.121.